The molecule has 3 atom stereocenters. The second kappa shape index (κ2) is 17.8. The van der Waals surface area contributed by atoms with Crippen molar-refractivity contribution in [3.05, 3.63) is 35.9 Å². The predicted molar refractivity (Wildman–Crippen MR) is 193 cm³/mol. The molecule has 0 spiro atoms. The monoisotopic (exact) mass is 807 g/mol. The maximum Gasteiger partial charge on any atom is 0.404 e. The molecule has 21 heteroatoms. The van der Waals surface area contributed by atoms with E-state index in [1.165, 1.54) is 23.6 Å². The number of hydrogen-bond acceptors (Lipinski definition) is 16. The van der Waals surface area contributed by atoms with Crippen LogP contribution in [-0.4, -0.2) is 94.5 Å². The number of nitrogens with one attached hydrogen (secondary N) is 2. The minimum absolute atomic E-state index is 0.0657. The number of thioether (sulfide) groups is 1. The quantitative estimate of drug-likeness (QED) is 0.0549. The van der Waals surface area contributed by atoms with Crippen LogP contribution in [0, 0.1) is 0 Å². The highest BCUT2D eigenvalue weighted by atomic mass is 32.2. The number of carboxylic acid groups (broad SMARTS) is 1. The van der Waals surface area contributed by atoms with E-state index in [2.05, 4.69) is 10.6 Å². The van der Waals surface area contributed by atoms with Crippen LogP contribution >= 0.6 is 27.0 Å². The van der Waals surface area contributed by atoms with Gasteiger partial charge in [-0.15, -0.1) is 30.5 Å². The molecule has 2 amide bonds. The second-order valence-corrected chi connectivity index (χ2v) is 19.0. The van der Waals surface area contributed by atoms with Crippen LogP contribution in [0.2, 0.25) is 0 Å². The Morgan fingerprint density at radius 2 is 1.43 bits per heavy atom. The van der Waals surface area contributed by atoms with Crippen molar-refractivity contribution in [2.75, 3.05) is 44.9 Å². The van der Waals surface area contributed by atoms with E-state index in [4.69, 9.17) is 43.0 Å². The zero-order valence-electron chi connectivity index (χ0n) is 30.8. The molecular formula is C32H47N3O15P2S. The molecule has 0 radical (unpaired) electrons. The van der Waals surface area contributed by atoms with Gasteiger partial charge in [0.2, 0.25) is 5.91 Å². The Kier molecular flexibility index (Phi) is 14.4. The lowest BCUT2D eigenvalue weighted by molar-refractivity contribution is -0.274. The van der Waals surface area contributed by atoms with Gasteiger partial charge in [0.1, 0.15) is 23.2 Å². The lowest BCUT2D eigenvalue weighted by Gasteiger charge is -2.43. The summed E-state index contributed by atoms with van der Waals surface area (Å²) in [5.74, 6) is -1.93. The number of fused-ring (bicyclic) bond motifs is 2. The van der Waals surface area contributed by atoms with Crippen LogP contribution in [0.5, 0.6) is 5.75 Å². The normalized spacial score (nSPS) is 19.9. The van der Waals surface area contributed by atoms with E-state index in [9.17, 15) is 28.6 Å². The van der Waals surface area contributed by atoms with E-state index in [1.807, 2.05) is 0 Å². The first kappa shape index (κ1) is 42.9. The highest BCUT2D eigenvalue weighted by molar-refractivity contribution is 8.01. The van der Waals surface area contributed by atoms with Gasteiger partial charge in [0.15, 0.2) is 4.90 Å². The van der Waals surface area contributed by atoms with Gasteiger partial charge in [-0.2, -0.15) is 0 Å². The number of aliphatic carboxylic acids is 1. The minimum atomic E-state index is -4.75. The van der Waals surface area contributed by atoms with Crippen molar-refractivity contribution in [3.63, 3.8) is 0 Å². The van der Waals surface area contributed by atoms with Crippen molar-refractivity contribution >= 4 is 61.2 Å². The molecule has 2 aliphatic rings. The summed E-state index contributed by atoms with van der Waals surface area (Å²) >= 11 is 1.31. The molecule has 2 fully saturated rings. The first-order chi connectivity index (χ1) is 25.1. The number of anilines is 1. The van der Waals surface area contributed by atoms with Crippen LogP contribution in [0.25, 0.3) is 10.8 Å². The van der Waals surface area contributed by atoms with E-state index < -0.39 is 66.6 Å². The van der Waals surface area contributed by atoms with Crippen LogP contribution in [0.4, 0.5) is 5.69 Å². The van der Waals surface area contributed by atoms with Gasteiger partial charge in [-0.25, -0.2) is 24.3 Å². The summed E-state index contributed by atoms with van der Waals surface area (Å²) in [6, 6.07) is 6.26. The summed E-state index contributed by atoms with van der Waals surface area (Å²) in [6.45, 7) is 12.3. The van der Waals surface area contributed by atoms with Crippen molar-refractivity contribution in [1.29, 1.82) is 0 Å². The Morgan fingerprint density at radius 3 is 1.92 bits per heavy atom. The number of carboxylic acids is 1. The smallest absolute Gasteiger partial charge is 0.404 e. The molecule has 2 aliphatic heterocycles. The predicted octanol–water partition coefficient (Wildman–Crippen LogP) is 5.87. The van der Waals surface area contributed by atoms with E-state index in [1.54, 1.807) is 78.8 Å². The van der Waals surface area contributed by atoms with Crippen molar-refractivity contribution in [1.82, 2.24) is 10.2 Å². The fourth-order valence-electron chi connectivity index (χ4n) is 5.74. The number of benzene rings is 2. The molecule has 2 aromatic carbocycles. The van der Waals surface area contributed by atoms with E-state index in [0.29, 0.717) is 16.5 Å². The highest BCUT2D eigenvalue weighted by Gasteiger charge is 2.66. The molecule has 2 heterocycles. The number of amides is 2. The van der Waals surface area contributed by atoms with Crippen LogP contribution in [0.1, 0.15) is 65.7 Å². The minimum Gasteiger partial charge on any atom is -0.493 e. The fourth-order valence-corrected chi connectivity index (χ4v) is 11.2. The Labute approximate surface area is 311 Å². The van der Waals surface area contributed by atoms with Crippen molar-refractivity contribution in [2.45, 2.75) is 82.5 Å². The number of β-lactam (4-membered cyclic amide) rings is 1. The van der Waals surface area contributed by atoms with Crippen molar-refractivity contribution in [2.24, 2.45) is 0 Å². The van der Waals surface area contributed by atoms with Crippen molar-refractivity contribution in [3.8, 4) is 5.75 Å². The number of nitrogens with zero attached hydrogens (tertiary/aromatic N) is 1. The summed E-state index contributed by atoms with van der Waals surface area (Å²) in [4.78, 5) is 58.1. The topological polar surface area (TPSA) is 216 Å². The summed E-state index contributed by atoms with van der Waals surface area (Å²) < 4.78 is 54.6. The average molecular weight is 808 g/mol. The number of rotatable bonds is 22. The zero-order valence-corrected chi connectivity index (χ0v) is 33.4. The molecule has 4 rings (SSSR count). The molecule has 2 saturated heterocycles. The third kappa shape index (κ3) is 8.55. The Balaban J connectivity index is 1.69. The van der Waals surface area contributed by atoms with Gasteiger partial charge in [-0.3, -0.25) is 18.7 Å². The fraction of sp³-hybridized carbons (Fsp3) is 0.594. The first-order valence-electron chi connectivity index (χ1n) is 17.0. The average Bonchev–Trinajstić information content (AvgIpc) is 3.39. The number of carbonyl (C=O) groups is 3. The van der Waals surface area contributed by atoms with E-state index >= 15 is 0 Å². The number of carbonyl (C=O) groups excluding carboxylic acids is 2. The van der Waals surface area contributed by atoms with Gasteiger partial charge in [0, 0.05) is 17.0 Å². The van der Waals surface area contributed by atoms with Gasteiger partial charge in [0.25, 0.3) is 5.91 Å². The van der Waals surface area contributed by atoms with E-state index in [0.717, 1.165) is 0 Å². The lowest BCUT2D eigenvalue weighted by Crippen LogP contribution is -2.70. The maximum absolute atomic E-state index is 14.4. The Morgan fingerprint density at radius 1 is 0.887 bits per heavy atom. The highest BCUT2D eigenvalue weighted by Crippen LogP contribution is 2.78. The van der Waals surface area contributed by atoms with Gasteiger partial charge < -0.3 is 25.4 Å². The van der Waals surface area contributed by atoms with Gasteiger partial charge in [0.05, 0.1) is 38.6 Å². The largest absolute Gasteiger partial charge is 0.493 e. The molecular weight excluding hydrogens is 760 g/mol. The molecule has 0 aromatic heterocycles. The van der Waals surface area contributed by atoms with Crippen LogP contribution in [0.3, 0.4) is 0 Å². The summed E-state index contributed by atoms with van der Waals surface area (Å²) in [5.41, 5.74) is 0.551. The third-order valence-electron chi connectivity index (χ3n) is 8.35. The first-order valence-corrected chi connectivity index (χ1v) is 21.0. The molecule has 296 valence electrons. The number of ether oxygens (including phenoxy) is 1. The molecule has 3 unspecified atom stereocenters. The summed E-state index contributed by atoms with van der Waals surface area (Å²) in [7, 11) is -9.51. The molecule has 0 aliphatic carbocycles. The van der Waals surface area contributed by atoms with Crippen LogP contribution in [0.15, 0.2) is 30.3 Å². The summed E-state index contributed by atoms with van der Waals surface area (Å²) in [6.07, 6.45) is 0. The number of hydrogen-bond donors (Lipinski definition) is 3. The van der Waals surface area contributed by atoms with Crippen molar-refractivity contribution < 1.29 is 71.6 Å². The van der Waals surface area contributed by atoms with E-state index in [-0.39, 0.29) is 44.3 Å². The molecule has 53 heavy (non-hydrogen) atoms. The molecule has 3 N–H and O–H groups in total. The second-order valence-electron chi connectivity index (χ2n) is 12.3. The maximum atomic E-state index is 14.4. The Bertz CT molecular complexity index is 1690. The van der Waals surface area contributed by atoms with Crippen LogP contribution < -0.4 is 15.4 Å². The van der Waals surface area contributed by atoms with Crippen LogP contribution in [-0.2, 0) is 57.0 Å². The van der Waals surface area contributed by atoms with Gasteiger partial charge in [-0.05, 0) is 84.4 Å². The molecule has 2 aromatic rings. The zero-order chi connectivity index (χ0) is 39.2. The van der Waals surface area contributed by atoms with Gasteiger partial charge >= 0.3 is 21.2 Å². The van der Waals surface area contributed by atoms with Gasteiger partial charge in [-0.1, -0.05) is 12.1 Å². The SMILES string of the molecule is CCOOP(=O)(OOCC)C(C)(CNc1ccc2c(C(=O)NC3C(=O)N4C3SC(C)(C)C4C(=O)O)c(OCC)ccc2c1)P(=O)(OOCC)OOCC. The molecule has 0 saturated carbocycles. The molecule has 0 bridgehead atoms. The third-order valence-corrected chi connectivity index (χ3v) is 15.3. The lowest BCUT2D eigenvalue weighted by atomic mass is 9.95. The summed E-state index contributed by atoms with van der Waals surface area (Å²) in [5, 5.41) is 16.1. The standard InChI is InChI=1S/C32H47N3O15P2S/c1-9-42-23-17-14-20-18-21(15-16-22(20)24(23)27(36)34-25-28(37)35-26(30(38)39)31(6,7)53-29(25)35)33-19-32(8,51(40,47-43-10-2)48-44-11-3)52(41,49-45-12-4)50-46-13-5/h14-18,25-26,29,33H,9-13,19H2,1-8H3,(H,34,36)(H,38,39). The molecule has 18 nitrogen and oxygen atoms in total. The Hall–Kier alpha value is -2.80.